The Morgan fingerprint density at radius 2 is 1.96 bits per heavy atom. The highest BCUT2D eigenvalue weighted by Gasteiger charge is 2.14. The minimum absolute atomic E-state index is 0.0619. The molecule has 3 aromatic rings. The van der Waals surface area contributed by atoms with E-state index in [9.17, 15) is 14.3 Å². The quantitative estimate of drug-likeness (QED) is 0.747. The van der Waals surface area contributed by atoms with Gasteiger partial charge < -0.3 is 10.4 Å². The van der Waals surface area contributed by atoms with Crippen molar-refractivity contribution in [2.45, 2.75) is 6.10 Å². The third-order valence-corrected chi connectivity index (χ3v) is 4.18. The Hall–Kier alpha value is -2.57. The van der Waals surface area contributed by atoms with Crippen LogP contribution in [-0.4, -0.2) is 22.5 Å². The van der Waals surface area contributed by atoms with E-state index < -0.39 is 11.9 Å². The summed E-state index contributed by atoms with van der Waals surface area (Å²) in [7, 11) is 0. The normalized spacial score (nSPS) is 11.9. The smallest absolute Gasteiger partial charge is 0.251 e. The maximum absolute atomic E-state index is 13.6. The number of aliphatic hydroxyl groups is 1. The van der Waals surface area contributed by atoms with E-state index in [0.717, 1.165) is 11.3 Å². The van der Waals surface area contributed by atoms with E-state index in [0.29, 0.717) is 5.56 Å². The molecule has 122 valence electrons. The minimum Gasteiger partial charge on any atom is -0.386 e. The fourth-order valence-electron chi connectivity index (χ4n) is 2.29. The van der Waals surface area contributed by atoms with Crippen LogP contribution < -0.4 is 5.32 Å². The average Bonchev–Trinajstić information content (AvgIpc) is 3.14. The molecule has 0 saturated heterocycles. The first-order valence-corrected chi connectivity index (χ1v) is 8.29. The van der Waals surface area contributed by atoms with E-state index in [2.05, 4.69) is 10.3 Å². The van der Waals surface area contributed by atoms with Gasteiger partial charge in [0.2, 0.25) is 0 Å². The Labute approximate surface area is 142 Å². The standard InChI is InChI=1S/C18H15FN2O2S/c19-15-4-2-1-3-14(15)17(22)9-20-18(23)13-7-5-12(6-8-13)16-10-24-11-21-16/h1-8,10-11,17,22H,9H2,(H,20,23). The van der Waals surface area contributed by atoms with Crippen molar-refractivity contribution < 1.29 is 14.3 Å². The fourth-order valence-corrected chi connectivity index (χ4v) is 2.86. The van der Waals surface area contributed by atoms with E-state index in [1.165, 1.54) is 23.5 Å². The largest absolute Gasteiger partial charge is 0.386 e. The van der Waals surface area contributed by atoms with Crippen LogP contribution in [0.3, 0.4) is 0 Å². The van der Waals surface area contributed by atoms with Gasteiger partial charge in [0.1, 0.15) is 5.82 Å². The van der Waals surface area contributed by atoms with Crippen LogP contribution in [-0.2, 0) is 0 Å². The molecule has 0 aliphatic heterocycles. The van der Waals surface area contributed by atoms with Crippen LogP contribution in [0.4, 0.5) is 4.39 Å². The predicted octanol–water partition coefficient (Wildman–Crippen LogP) is 3.41. The molecule has 3 rings (SSSR count). The molecule has 1 atom stereocenters. The summed E-state index contributed by atoms with van der Waals surface area (Å²) < 4.78 is 13.6. The van der Waals surface area contributed by atoms with Crippen molar-refractivity contribution in [1.82, 2.24) is 10.3 Å². The second-order valence-electron chi connectivity index (χ2n) is 5.20. The molecule has 1 aromatic heterocycles. The number of halogens is 1. The molecule has 24 heavy (non-hydrogen) atoms. The molecule has 0 bridgehead atoms. The van der Waals surface area contributed by atoms with Gasteiger partial charge in [-0.15, -0.1) is 11.3 Å². The van der Waals surface area contributed by atoms with Gasteiger partial charge in [0.15, 0.2) is 0 Å². The molecule has 6 heteroatoms. The van der Waals surface area contributed by atoms with Crippen molar-refractivity contribution in [1.29, 1.82) is 0 Å². The Kier molecular flexibility index (Phi) is 4.98. The first kappa shape index (κ1) is 16.3. The van der Waals surface area contributed by atoms with Crippen molar-refractivity contribution in [3.8, 4) is 11.3 Å². The topological polar surface area (TPSA) is 62.2 Å². The zero-order valence-electron chi connectivity index (χ0n) is 12.6. The summed E-state index contributed by atoms with van der Waals surface area (Å²) >= 11 is 1.51. The number of nitrogens with one attached hydrogen (secondary N) is 1. The first-order chi connectivity index (χ1) is 11.6. The van der Waals surface area contributed by atoms with Gasteiger partial charge in [-0.3, -0.25) is 4.79 Å². The van der Waals surface area contributed by atoms with Crippen LogP contribution >= 0.6 is 11.3 Å². The minimum atomic E-state index is -1.09. The molecule has 0 saturated carbocycles. The summed E-state index contributed by atoms with van der Waals surface area (Å²) in [5.41, 5.74) is 4.17. The molecule has 0 radical (unpaired) electrons. The molecule has 0 fully saturated rings. The number of aliphatic hydroxyl groups excluding tert-OH is 1. The first-order valence-electron chi connectivity index (χ1n) is 7.34. The molecule has 4 nitrogen and oxygen atoms in total. The SMILES string of the molecule is O=C(NCC(O)c1ccccc1F)c1ccc(-c2cscn2)cc1. The Balaban J connectivity index is 1.62. The second-order valence-corrected chi connectivity index (χ2v) is 5.92. The van der Waals surface area contributed by atoms with Gasteiger partial charge in [0.05, 0.1) is 17.3 Å². The van der Waals surface area contributed by atoms with E-state index in [1.54, 1.807) is 29.8 Å². The molecule has 0 aliphatic carbocycles. The second kappa shape index (κ2) is 7.33. The molecule has 0 spiro atoms. The number of hydrogen-bond acceptors (Lipinski definition) is 4. The van der Waals surface area contributed by atoms with Crippen LogP contribution in [0.5, 0.6) is 0 Å². The predicted molar refractivity (Wildman–Crippen MR) is 91.2 cm³/mol. The lowest BCUT2D eigenvalue weighted by Gasteiger charge is -2.13. The monoisotopic (exact) mass is 342 g/mol. The lowest BCUT2D eigenvalue weighted by molar-refractivity contribution is 0.0914. The van der Waals surface area contributed by atoms with Crippen molar-refractivity contribution in [2.75, 3.05) is 6.54 Å². The molecule has 2 aromatic carbocycles. The summed E-state index contributed by atoms with van der Waals surface area (Å²) in [5.74, 6) is -0.818. The summed E-state index contributed by atoms with van der Waals surface area (Å²) in [6.45, 7) is -0.0619. The summed E-state index contributed by atoms with van der Waals surface area (Å²) in [6, 6.07) is 13.0. The number of nitrogens with zero attached hydrogens (tertiary/aromatic N) is 1. The van der Waals surface area contributed by atoms with Gasteiger partial charge in [-0.2, -0.15) is 0 Å². The summed E-state index contributed by atoms with van der Waals surface area (Å²) in [5, 5.41) is 14.5. The summed E-state index contributed by atoms with van der Waals surface area (Å²) in [4.78, 5) is 16.3. The zero-order chi connectivity index (χ0) is 16.9. The van der Waals surface area contributed by atoms with Crippen molar-refractivity contribution in [3.05, 3.63) is 76.4 Å². The zero-order valence-corrected chi connectivity index (χ0v) is 13.5. The van der Waals surface area contributed by atoms with Gasteiger partial charge >= 0.3 is 0 Å². The third-order valence-electron chi connectivity index (χ3n) is 3.60. The van der Waals surface area contributed by atoms with Gasteiger partial charge in [-0.05, 0) is 18.2 Å². The number of carbonyl (C=O) groups is 1. The number of carbonyl (C=O) groups excluding carboxylic acids is 1. The fraction of sp³-hybridized carbons (Fsp3) is 0.111. The maximum Gasteiger partial charge on any atom is 0.251 e. The third kappa shape index (κ3) is 3.67. The van der Waals surface area contributed by atoms with Crippen LogP contribution in [0.15, 0.2) is 59.4 Å². The number of hydrogen-bond donors (Lipinski definition) is 2. The van der Waals surface area contributed by atoms with Crippen molar-refractivity contribution >= 4 is 17.2 Å². The highest BCUT2D eigenvalue weighted by Crippen LogP contribution is 2.20. The molecule has 1 unspecified atom stereocenters. The Bertz CT molecular complexity index is 819. The van der Waals surface area contributed by atoms with Crippen LogP contribution in [0.1, 0.15) is 22.0 Å². The highest BCUT2D eigenvalue weighted by atomic mass is 32.1. The average molecular weight is 342 g/mol. The number of rotatable bonds is 5. The van der Waals surface area contributed by atoms with E-state index >= 15 is 0 Å². The van der Waals surface area contributed by atoms with Crippen molar-refractivity contribution in [3.63, 3.8) is 0 Å². The maximum atomic E-state index is 13.6. The molecule has 1 amide bonds. The molecule has 1 heterocycles. The molecule has 0 aliphatic rings. The van der Waals surface area contributed by atoms with Gasteiger partial charge in [0, 0.05) is 28.6 Å². The molecular formula is C18H15FN2O2S. The molecule has 2 N–H and O–H groups in total. The van der Waals surface area contributed by atoms with E-state index in [4.69, 9.17) is 0 Å². The lowest BCUT2D eigenvalue weighted by Crippen LogP contribution is -2.28. The van der Waals surface area contributed by atoms with Gasteiger partial charge in [-0.25, -0.2) is 9.37 Å². The number of amides is 1. The highest BCUT2D eigenvalue weighted by molar-refractivity contribution is 7.07. The number of aromatic nitrogens is 1. The lowest BCUT2D eigenvalue weighted by atomic mass is 10.1. The Morgan fingerprint density at radius 3 is 2.62 bits per heavy atom. The summed E-state index contributed by atoms with van der Waals surface area (Å²) in [6.07, 6.45) is -1.09. The number of benzene rings is 2. The van der Waals surface area contributed by atoms with Crippen molar-refractivity contribution in [2.24, 2.45) is 0 Å². The van der Waals surface area contributed by atoms with E-state index in [1.807, 2.05) is 17.5 Å². The van der Waals surface area contributed by atoms with Gasteiger partial charge in [0.25, 0.3) is 5.91 Å². The van der Waals surface area contributed by atoms with Crippen LogP contribution in [0.25, 0.3) is 11.3 Å². The number of thiazole rings is 1. The van der Waals surface area contributed by atoms with Crippen LogP contribution in [0.2, 0.25) is 0 Å². The van der Waals surface area contributed by atoms with Gasteiger partial charge in [-0.1, -0.05) is 30.3 Å². The Morgan fingerprint density at radius 1 is 1.21 bits per heavy atom. The van der Waals surface area contributed by atoms with Crippen LogP contribution in [0, 0.1) is 5.82 Å². The van der Waals surface area contributed by atoms with E-state index in [-0.39, 0.29) is 18.0 Å². The molecular weight excluding hydrogens is 327 g/mol.